The minimum Gasteiger partial charge on any atom is -0.356 e. The maximum absolute atomic E-state index is 3.80. The molecule has 1 N–H and O–H groups in total. The van der Waals surface area contributed by atoms with Crippen LogP contribution in [0.4, 0.5) is 11.4 Å². The number of allylic oxidation sites excluding steroid dienone is 7. The van der Waals surface area contributed by atoms with Crippen molar-refractivity contribution in [2.24, 2.45) is 0 Å². The SMILES string of the molecule is C/C=C\C=C/c1ccc2ccccc2c1.C1=C2C(=CC(c3ccc(Nc4ccc5c(c4)C(c4ccccc4)(c4ccccc4)c4ccccc4-5)cc3)C1)C1(CCCCC1)c1ccccc12. The van der Waals surface area contributed by atoms with E-state index in [0.717, 1.165) is 17.8 Å². The van der Waals surface area contributed by atoms with Crippen LogP contribution in [0.2, 0.25) is 0 Å². The Hall–Kier alpha value is -7.22. The van der Waals surface area contributed by atoms with Crippen LogP contribution in [0.1, 0.15) is 95.9 Å². The third-order valence-corrected chi connectivity index (χ3v) is 14.6. The van der Waals surface area contributed by atoms with Crippen molar-refractivity contribution in [3.63, 3.8) is 0 Å². The smallest absolute Gasteiger partial charge is 0.0714 e. The highest BCUT2D eigenvalue weighted by Gasteiger charge is 2.47. The molecule has 4 aliphatic carbocycles. The maximum Gasteiger partial charge on any atom is 0.0714 e. The van der Waals surface area contributed by atoms with Gasteiger partial charge in [-0.15, -0.1) is 0 Å². The van der Waals surface area contributed by atoms with Crippen LogP contribution in [0.5, 0.6) is 0 Å². The molecule has 0 aliphatic heterocycles. The standard InChI is InChI=1S/C49H41N.C15H14/c1-4-14-36(15-5-1)49(37-16-6-2-7-17-37)45-21-11-9-19-41(45)43-29-27-39(33-47(43)49)50-38-25-22-34(23-26-38)35-24-28-42-40-18-8-10-20-44(40)48(46(42)32-35)30-12-3-13-31-48;1-2-3-4-7-13-10-11-14-8-5-6-9-15(14)12-13/h1-2,4-11,14-23,25-29,32-33,35,50H,3,12-13,24,30-31H2;2-12H,1H3/b;3-2-,7-4-. The van der Waals surface area contributed by atoms with Crippen LogP contribution in [0.3, 0.4) is 0 Å². The predicted molar refractivity (Wildman–Crippen MR) is 276 cm³/mol. The minimum absolute atomic E-state index is 0.211. The molecule has 0 heterocycles. The summed E-state index contributed by atoms with van der Waals surface area (Å²) in [4.78, 5) is 0. The van der Waals surface area contributed by atoms with Gasteiger partial charge in [-0.05, 0) is 134 Å². The summed E-state index contributed by atoms with van der Waals surface area (Å²) in [5.74, 6) is 0.409. The van der Waals surface area contributed by atoms with E-state index in [9.17, 15) is 0 Å². The molecule has 8 aromatic carbocycles. The van der Waals surface area contributed by atoms with Crippen LogP contribution < -0.4 is 5.32 Å². The van der Waals surface area contributed by atoms with E-state index >= 15 is 0 Å². The molecule has 1 saturated carbocycles. The summed E-state index contributed by atoms with van der Waals surface area (Å²) < 4.78 is 0. The van der Waals surface area contributed by atoms with E-state index in [1.165, 1.54) is 98.5 Å². The first-order valence-corrected chi connectivity index (χ1v) is 23.7. The number of fused-ring (bicyclic) bond motifs is 9. The van der Waals surface area contributed by atoms with Gasteiger partial charge in [-0.25, -0.2) is 0 Å². The Morgan fingerprint density at radius 1 is 0.508 bits per heavy atom. The molecular formula is C64H55N. The number of rotatable bonds is 7. The van der Waals surface area contributed by atoms with Crippen molar-refractivity contribution >= 4 is 33.8 Å². The van der Waals surface area contributed by atoms with Gasteiger partial charge in [0, 0.05) is 22.7 Å². The van der Waals surface area contributed by atoms with Crippen LogP contribution in [0.25, 0.3) is 33.5 Å². The van der Waals surface area contributed by atoms with Gasteiger partial charge in [0.25, 0.3) is 0 Å². The van der Waals surface area contributed by atoms with Gasteiger partial charge in [-0.2, -0.15) is 0 Å². The number of nitrogens with one attached hydrogen (secondary N) is 1. The van der Waals surface area contributed by atoms with E-state index in [1.807, 2.05) is 19.1 Å². The largest absolute Gasteiger partial charge is 0.356 e. The van der Waals surface area contributed by atoms with Crippen LogP contribution in [0.15, 0.2) is 230 Å². The van der Waals surface area contributed by atoms with E-state index in [1.54, 1.807) is 11.1 Å². The van der Waals surface area contributed by atoms with Crippen molar-refractivity contribution in [1.29, 1.82) is 0 Å². The Morgan fingerprint density at radius 2 is 1.14 bits per heavy atom. The zero-order valence-electron chi connectivity index (χ0n) is 37.3. The first-order chi connectivity index (χ1) is 32.2. The molecule has 1 heteroatoms. The summed E-state index contributed by atoms with van der Waals surface area (Å²) in [7, 11) is 0. The Kier molecular flexibility index (Phi) is 10.9. The number of benzene rings is 8. The summed E-state index contributed by atoms with van der Waals surface area (Å²) >= 11 is 0. The third kappa shape index (κ3) is 7.21. The second kappa shape index (κ2) is 17.4. The van der Waals surface area contributed by atoms with Gasteiger partial charge in [-0.1, -0.05) is 220 Å². The van der Waals surface area contributed by atoms with Gasteiger partial charge in [-0.3, -0.25) is 0 Å². The molecule has 1 atom stereocenters. The Bertz CT molecular complexity index is 3080. The predicted octanol–water partition coefficient (Wildman–Crippen LogP) is 16.9. The van der Waals surface area contributed by atoms with E-state index in [2.05, 4.69) is 224 Å². The molecule has 1 nitrogen and oxygen atoms in total. The average Bonchev–Trinajstić information content (AvgIpc) is 3.81. The van der Waals surface area contributed by atoms with Crippen molar-refractivity contribution in [1.82, 2.24) is 0 Å². The normalized spacial score (nSPS) is 17.4. The summed E-state index contributed by atoms with van der Waals surface area (Å²) in [6, 6.07) is 71.4. The topological polar surface area (TPSA) is 12.0 Å². The lowest BCUT2D eigenvalue weighted by molar-refractivity contribution is 0.351. The molecule has 316 valence electrons. The van der Waals surface area contributed by atoms with Gasteiger partial charge in [0.2, 0.25) is 0 Å². The summed E-state index contributed by atoms with van der Waals surface area (Å²) in [5, 5.41) is 6.38. The summed E-state index contributed by atoms with van der Waals surface area (Å²) in [6.45, 7) is 2.02. The van der Waals surface area contributed by atoms with E-state index in [4.69, 9.17) is 0 Å². The molecule has 0 radical (unpaired) electrons. The molecule has 0 saturated heterocycles. The summed E-state index contributed by atoms with van der Waals surface area (Å²) in [6.07, 6.45) is 21.1. The Balaban J connectivity index is 0.000000266. The lowest BCUT2D eigenvalue weighted by atomic mass is 9.66. The van der Waals surface area contributed by atoms with Crippen LogP contribution in [-0.4, -0.2) is 0 Å². The van der Waals surface area contributed by atoms with Crippen LogP contribution in [-0.2, 0) is 10.8 Å². The fourth-order valence-corrected chi connectivity index (χ4v) is 11.7. The van der Waals surface area contributed by atoms with Gasteiger partial charge in [0.15, 0.2) is 0 Å². The number of hydrogen-bond donors (Lipinski definition) is 1. The average molecular weight is 838 g/mol. The molecule has 1 spiro atoms. The quantitative estimate of drug-likeness (QED) is 0.158. The lowest BCUT2D eigenvalue weighted by Crippen LogP contribution is -2.29. The minimum atomic E-state index is -0.396. The Morgan fingerprint density at radius 3 is 1.88 bits per heavy atom. The maximum atomic E-state index is 3.80. The second-order valence-electron chi connectivity index (χ2n) is 18.3. The zero-order valence-corrected chi connectivity index (χ0v) is 37.3. The first-order valence-electron chi connectivity index (χ1n) is 23.7. The van der Waals surface area contributed by atoms with Crippen molar-refractivity contribution < 1.29 is 0 Å². The molecule has 65 heavy (non-hydrogen) atoms. The highest BCUT2D eigenvalue weighted by atomic mass is 14.9. The molecule has 1 fully saturated rings. The second-order valence-corrected chi connectivity index (χ2v) is 18.3. The molecule has 0 amide bonds. The van der Waals surface area contributed by atoms with E-state index in [-0.39, 0.29) is 5.41 Å². The van der Waals surface area contributed by atoms with E-state index in [0.29, 0.717) is 5.92 Å². The zero-order chi connectivity index (χ0) is 43.6. The molecule has 0 aromatic heterocycles. The fraction of sp³-hybridized carbons (Fsp3) is 0.156. The van der Waals surface area contributed by atoms with Gasteiger partial charge >= 0.3 is 0 Å². The van der Waals surface area contributed by atoms with Crippen LogP contribution >= 0.6 is 0 Å². The highest BCUT2D eigenvalue weighted by molar-refractivity contribution is 5.91. The van der Waals surface area contributed by atoms with Crippen molar-refractivity contribution in [2.45, 2.75) is 62.2 Å². The summed E-state index contributed by atoms with van der Waals surface area (Å²) in [5.41, 5.74) is 18.7. The van der Waals surface area contributed by atoms with Gasteiger partial charge in [0.05, 0.1) is 5.41 Å². The molecule has 4 aliphatic rings. The van der Waals surface area contributed by atoms with Crippen LogP contribution in [0, 0.1) is 0 Å². The van der Waals surface area contributed by atoms with Crippen molar-refractivity contribution in [3.8, 4) is 11.1 Å². The lowest BCUT2D eigenvalue weighted by Gasteiger charge is -2.37. The van der Waals surface area contributed by atoms with Crippen molar-refractivity contribution in [2.75, 3.05) is 5.32 Å². The molecular weight excluding hydrogens is 783 g/mol. The van der Waals surface area contributed by atoms with Crippen molar-refractivity contribution in [3.05, 3.63) is 275 Å². The van der Waals surface area contributed by atoms with E-state index < -0.39 is 5.41 Å². The number of hydrogen-bond acceptors (Lipinski definition) is 1. The molecule has 12 rings (SSSR count). The number of anilines is 2. The highest BCUT2D eigenvalue weighted by Crippen LogP contribution is 2.59. The van der Waals surface area contributed by atoms with Gasteiger partial charge in [0.1, 0.15) is 0 Å². The first kappa shape index (κ1) is 40.5. The fourth-order valence-electron chi connectivity index (χ4n) is 11.7. The monoisotopic (exact) mass is 837 g/mol. The third-order valence-electron chi connectivity index (χ3n) is 14.6. The van der Waals surface area contributed by atoms with Gasteiger partial charge < -0.3 is 5.32 Å². The molecule has 0 bridgehead atoms. The molecule has 8 aromatic rings. The Labute approximate surface area is 385 Å². The molecule has 1 unspecified atom stereocenters.